The molecule has 4 saturated carbocycles. The average molecular weight is 985 g/mol. The number of fused-ring (bicyclic) bond motifs is 7. The number of hydrogen-bond donors (Lipinski definition) is 9. The van der Waals surface area contributed by atoms with E-state index in [0.717, 1.165) is 45.6 Å². The van der Waals surface area contributed by atoms with E-state index in [2.05, 4.69) is 47.6 Å². The van der Waals surface area contributed by atoms with Gasteiger partial charge in [-0.05, 0) is 111 Å². The minimum atomic E-state index is -1.91. The number of rotatable bonds is 9. The molecule has 25 atom stereocenters. The normalized spacial score (nSPS) is 53.9. The van der Waals surface area contributed by atoms with Crippen LogP contribution in [-0.4, -0.2) is 183 Å². The summed E-state index contributed by atoms with van der Waals surface area (Å²) < 4.78 is 47.1. The van der Waals surface area contributed by atoms with E-state index < -0.39 is 128 Å². The largest absolute Gasteiger partial charge is 0.469 e. The topological polar surface area (TPSA) is 290 Å². The van der Waals surface area contributed by atoms with Gasteiger partial charge in [0.2, 0.25) is 0 Å². The van der Waals surface area contributed by atoms with Crippen molar-refractivity contribution in [1.82, 2.24) is 0 Å². The second-order valence-corrected chi connectivity index (χ2v) is 23.8. The van der Waals surface area contributed by atoms with Gasteiger partial charge in [0, 0.05) is 5.41 Å². The summed E-state index contributed by atoms with van der Waals surface area (Å²) in [4.78, 5) is 26.3. The first-order valence-corrected chi connectivity index (χ1v) is 25.0. The lowest BCUT2D eigenvalue weighted by molar-refractivity contribution is -0.395. The average Bonchev–Trinajstić information content (AvgIpc) is 3.30. The molecule has 0 aromatic heterocycles. The molecule has 1 unspecified atom stereocenters. The van der Waals surface area contributed by atoms with Gasteiger partial charge >= 0.3 is 11.9 Å². The van der Waals surface area contributed by atoms with Crippen LogP contribution in [0.15, 0.2) is 11.6 Å². The molecule has 7 fully saturated rings. The van der Waals surface area contributed by atoms with E-state index in [1.54, 1.807) is 0 Å². The highest BCUT2D eigenvalue weighted by Gasteiger charge is 2.70. The highest BCUT2D eigenvalue weighted by atomic mass is 16.8. The van der Waals surface area contributed by atoms with Crippen molar-refractivity contribution in [3.8, 4) is 0 Å². The van der Waals surface area contributed by atoms with Crippen molar-refractivity contribution in [2.75, 3.05) is 20.8 Å². The van der Waals surface area contributed by atoms with Gasteiger partial charge in [-0.1, -0.05) is 53.2 Å². The van der Waals surface area contributed by atoms with Gasteiger partial charge in [0.05, 0.1) is 44.6 Å². The molecular weight excluding hydrogens is 905 g/mol. The van der Waals surface area contributed by atoms with Crippen LogP contribution in [-0.2, 0) is 47.5 Å². The van der Waals surface area contributed by atoms with Crippen molar-refractivity contribution >= 4 is 11.9 Å². The summed E-state index contributed by atoms with van der Waals surface area (Å²) in [5, 5.41) is 98.9. The number of aliphatic hydroxyl groups is 9. The van der Waals surface area contributed by atoms with Crippen molar-refractivity contribution in [2.24, 2.45) is 50.2 Å². The van der Waals surface area contributed by atoms with Crippen LogP contribution in [0.25, 0.3) is 0 Å². The van der Waals surface area contributed by atoms with Crippen molar-refractivity contribution < 1.29 is 93.4 Å². The second kappa shape index (κ2) is 18.8. The maximum absolute atomic E-state index is 13.2. The Morgan fingerprint density at radius 2 is 1.29 bits per heavy atom. The van der Waals surface area contributed by atoms with Gasteiger partial charge in [0.15, 0.2) is 25.0 Å². The first kappa shape index (κ1) is 53.4. The Kier molecular flexibility index (Phi) is 14.5. The number of ether oxygens (including phenoxy) is 8. The molecule has 0 aromatic carbocycles. The minimum Gasteiger partial charge on any atom is -0.469 e. The highest BCUT2D eigenvalue weighted by Crippen LogP contribution is 2.76. The predicted molar refractivity (Wildman–Crippen MR) is 240 cm³/mol. The van der Waals surface area contributed by atoms with E-state index in [1.165, 1.54) is 19.6 Å². The summed E-state index contributed by atoms with van der Waals surface area (Å²) in [6, 6.07) is 0. The standard InChI is InChI=1S/C50H80O19/c1-22-30(53)32(55)36(59)41(64-22)68-38-33(56)31(54)25(21-51)65-42(38)69-39-35(58)34(57)37(40(60)62-9)67-43(39)66-29-14-15-48(6)26(45(29,2)3)13-16-50(8)27(48)12-11-23-24-19-46(4,44(61)63-10)20-28(52)47(24,5)17-18-49(23,50)7/h11,22,24-39,41-43,51-59H,12-21H2,1-10H3/t22-,24-,25+,26?,27+,28+,29-,30-,31+,32+,33-,34-,35-,36+,37-,38+,39+,41-,42-,43+,46-,47+,48-,49+,50+/m0/s1. The van der Waals surface area contributed by atoms with E-state index in [9.17, 15) is 55.5 Å². The summed E-state index contributed by atoms with van der Waals surface area (Å²) in [6.45, 7) is 16.3. The summed E-state index contributed by atoms with van der Waals surface area (Å²) in [7, 11) is 2.52. The van der Waals surface area contributed by atoms with E-state index in [1.807, 2.05) is 6.92 Å². The first-order valence-electron chi connectivity index (χ1n) is 25.0. The van der Waals surface area contributed by atoms with Crippen molar-refractivity contribution in [3.05, 3.63) is 11.6 Å². The molecule has 3 saturated heterocycles. The molecule has 394 valence electrons. The fourth-order valence-corrected chi connectivity index (χ4v) is 15.4. The third-order valence-electron chi connectivity index (χ3n) is 20.0. The van der Waals surface area contributed by atoms with Crippen molar-refractivity contribution in [1.29, 1.82) is 0 Å². The smallest absolute Gasteiger partial charge is 0.337 e. The number of carbonyl (C=O) groups is 2. The fraction of sp³-hybridized carbons (Fsp3) is 0.920. The lowest BCUT2D eigenvalue weighted by atomic mass is 9.33. The molecule has 8 aliphatic rings. The zero-order valence-corrected chi connectivity index (χ0v) is 41.8. The van der Waals surface area contributed by atoms with Gasteiger partial charge in [0.25, 0.3) is 0 Å². The second-order valence-electron chi connectivity index (χ2n) is 23.8. The van der Waals surface area contributed by atoms with Crippen LogP contribution < -0.4 is 0 Å². The van der Waals surface area contributed by atoms with E-state index in [4.69, 9.17) is 37.9 Å². The lowest BCUT2D eigenvalue weighted by Gasteiger charge is -2.71. The van der Waals surface area contributed by atoms with Crippen LogP contribution in [0.3, 0.4) is 0 Å². The maximum atomic E-state index is 13.2. The van der Waals surface area contributed by atoms with Crippen LogP contribution in [0.4, 0.5) is 0 Å². The Balaban J connectivity index is 1.07. The van der Waals surface area contributed by atoms with E-state index >= 15 is 0 Å². The monoisotopic (exact) mass is 985 g/mol. The number of esters is 2. The van der Waals surface area contributed by atoms with Gasteiger partial charge < -0.3 is 83.9 Å². The minimum absolute atomic E-state index is 0.0165. The van der Waals surface area contributed by atoms with Crippen LogP contribution in [0.1, 0.15) is 113 Å². The van der Waals surface area contributed by atoms with E-state index in [0.29, 0.717) is 19.3 Å². The molecule has 0 bridgehead atoms. The summed E-state index contributed by atoms with van der Waals surface area (Å²) in [6.07, 6.45) is -17.3. The van der Waals surface area contributed by atoms with Crippen LogP contribution in [0.2, 0.25) is 0 Å². The SMILES string of the molecule is COC(=O)[C@H]1O[C@@H](O[C@H]2CC[C@@]3(C)C(CC[C@]4(C)[C@@H]3CC=C3[C@@H]5C[C@](C)(C(=O)OC)C[C@@H](O)[C@]5(C)CC[C@]34C)C2(C)C)[C@H](O[C@@H]2O[C@H](CO)[C@@H](O)[C@H](O)[C@H]2O[C@@H]2O[C@@H](C)[C@H](O)[C@@H](O)[C@H]2O)[C@@H](O)[C@@H]1O. The van der Waals surface area contributed by atoms with Gasteiger partial charge in [-0.25, -0.2) is 4.79 Å². The molecular formula is C50H80O19. The summed E-state index contributed by atoms with van der Waals surface area (Å²) in [5.41, 5.74) is -0.841. The Bertz CT molecular complexity index is 1930. The quantitative estimate of drug-likeness (QED) is 0.0884. The zero-order valence-electron chi connectivity index (χ0n) is 41.8. The molecule has 19 nitrogen and oxygen atoms in total. The third-order valence-corrected chi connectivity index (χ3v) is 20.0. The number of methoxy groups -OCH3 is 2. The van der Waals surface area contributed by atoms with Gasteiger partial charge in [0.1, 0.15) is 61.0 Å². The molecule has 0 radical (unpaired) electrons. The van der Waals surface area contributed by atoms with Gasteiger partial charge in [-0.2, -0.15) is 0 Å². The number of aliphatic hydroxyl groups excluding tert-OH is 9. The molecule has 3 aliphatic heterocycles. The Morgan fingerprint density at radius 1 is 0.652 bits per heavy atom. The highest BCUT2D eigenvalue weighted by molar-refractivity contribution is 5.77. The molecule has 3 heterocycles. The molecule has 69 heavy (non-hydrogen) atoms. The molecule has 0 amide bonds. The van der Waals surface area contributed by atoms with E-state index in [-0.39, 0.29) is 45.4 Å². The Labute approximate surface area is 404 Å². The van der Waals surface area contributed by atoms with Crippen LogP contribution in [0.5, 0.6) is 0 Å². The van der Waals surface area contributed by atoms with Gasteiger partial charge in [-0.15, -0.1) is 0 Å². The third kappa shape index (κ3) is 8.28. The lowest BCUT2D eigenvalue weighted by Crippen LogP contribution is -2.68. The predicted octanol–water partition coefficient (Wildman–Crippen LogP) is 0.974. The molecule has 19 heteroatoms. The molecule has 5 aliphatic carbocycles. The van der Waals surface area contributed by atoms with Crippen LogP contribution >= 0.6 is 0 Å². The molecule has 9 N–H and O–H groups in total. The van der Waals surface area contributed by atoms with Crippen molar-refractivity contribution in [3.63, 3.8) is 0 Å². The number of carbonyl (C=O) groups excluding carboxylic acids is 2. The van der Waals surface area contributed by atoms with Crippen LogP contribution in [0, 0.1) is 50.2 Å². The fourth-order valence-electron chi connectivity index (χ4n) is 15.4. The zero-order chi connectivity index (χ0) is 50.7. The first-order chi connectivity index (χ1) is 32.2. The summed E-state index contributed by atoms with van der Waals surface area (Å²) in [5.74, 6) is -0.870. The maximum Gasteiger partial charge on any atom is 0.337 e. The molecule has 0 spiro atoms. The number of allylic oxidation sites excluding steroid dienone is 2. The van der Waals surface area contributed by atoms with Gasteiger partial charge in [-0.3, -0.25) is 4.79 Å². The molecule has 8 rings (SSSR count). The Morgan fingerprint density at radius 3 is 1.93 bits per heavy atom. The van der Waals surface area contributed by atoms with Crippen molar-refractivity contribution in [2.45, 2.75) is 218 Å². The number of hydrogen-bond acceptors (Lipinski definition) is 19. The summed E-state index contributed by atoms with van der Waals surface area (Å²) >= 11 is 0. The Hall–Kier alpha value is -1.92. The molecule has 0 aromatic rings.